The molecule has 392 valence electrons. The van der Waals surface area contributed by atoms with Crippen molar-refractivity contribution in [2.24, 2.45) is 0 Å². The normalized spacial score (nSPS) is 12.6. The van der Waals surface area contributed by atoms with Gasteiger partial charge in [-0.2, -0.15) is 0 Å². The predicted molar refractivity (Wildman–Crippen MR) is 287 cm³/mol. The lowest BCUT2D eigenvalue weighted by Crippen LogP contribution is -2.45. The highest BCUT2D eigenvalue weighted by Gasteiger charge is 2.20. The number of unbranched alkanes of at least 4 members (excludes halogenated alkanes) is 43. The summed E-state index contributed by atoms with van der Waals surface area (Å²) in [6.07, 6.45) is 66.3. The molecule has 0 fully saturated rings. The Hall–Kier alpha value is -1.40. The van der Waals surface area contributed by atoms with Gasteiger partial charge in [0.05, 0.1) is 25.4 Å². The highest BCUT2D eigenvalue weighted by Crippen LogP contribution is 2.18. The van der Waals surface area contributed by atoms with E-state index in [2.05, 4.69) is 31.3 Å². The zero-order chi connectivity index (χ0) is 47.9. The maximum Gasteiger partial charge on any atom is 0.305 e. The van der Waals surface area contributed by atoms with Gasteiger partial charge in [0, 0.05) is 12.8 Å². The third kappa shape index (κ3) is 52.0. The first-order chi connectivity index (χ1) is 32.5. The number of carbonyl (C=O) groups is 2. The van der Waals surface area contributed by atoms with Crippen molar-refractivity contribution in [2.45, 2.75) is 347 Å². The Balaban J connectivity index is 3.43. The summed E-state index contributed by atoms with van der Waals surface area (Å²) in [6, 6.07) is -0.553. The first-order valence-electron chi connectivity index (χ1n) is 29.9. The second-order valence-corrected chi connectivity index (χ2v) is 20.7. The zero-order valence-corrected chi connectivity index (χ0v) is 44.7. The van der Waals surface area contributed by atoms with Crippen molar-refractivity contribution >= 4 is 11.9 Å². The van der Waals surface area contributed by atoms with E-state index >= 15 is 0 Å². The van der Waals surface area contributed by atoms with E-state index in [1.54, 1.807) is 0 Å². The fraction of sp³-hybridized carbons (Fsp3) is 0.933. The third-order valence-electron chi connectivity index (χ3n) is 14.1. The van der Waals surface area contributed by atoms with Crippen LogP contribution in [-0.4, -0.2) is 47.4 Å². The molecule has 0 aromatic heterocycles. The first-order valence-corrected chi connectivity index (χ1v) is 29.9. The van der Waals surface area contributed by atoms with Gasteiger partial charge in [-0.25, -0.2) is 0 Å². The molecule has 0 spiro atoms. The molecule has 0 heterocycles. The maximum absolute atomic E-state index is 12.5. The molecule has 0 rings (SSSR count). The molecule has 2 unspecified atom stereocenters. The van der Waals surface area contributed by atoms with Crippen LogP contribution in [0.5, 0.6) is 0 Å². The molecule has 66 heavy (non-hydrogen) atoms. The molecule has 3 N–H and O–H groups in total. The van der Waals surface area contributed by atoms with E-state index in [1.165, 1.54) is 238 Å². The van der Waals surface area contributed by atoms with Crippen LogP contribution in [0.4, 0.5) is 0 Å². The lowest BCUT2D eigenvalue weighted by Gasteiger charge is -2.22. The van der Waals surface area contributed by atoms with Gasteiger partial charge in [-0.3, -0.25) is 9.59 Å². The average Bonchev–Trinajstić information content (AvgIpc) is 3.32. The van der Waals surface area contributed by atoms with Crippen molar-refractivity contribution in [1.29, 1.82) is 0 Å². The summed E-state index contributed by atoms with van der Waals surface area (Å²) in [4.78, 5) is 24.6. The van der Waals surface area contributed by atoms with Gasteiger partial charge in [-0.15, -0.1) is 0 Å². The molecule has 6 heteroatoms. The minimum Gasteiger partial charge on any atom is -0.466 e. The fourth-order valence-electron chi connectivity index (χ4n) is 9.46. The smallest absolute Gasteiger partial charge is 0.305 e. The van der Waals surface area contributed by atoms with Gasteiger partial charge in [0.1, 0.15) is 0 Å². The molecule has 2 atom stereocenters. The summed E-state index contributed by atoms with van der Waals surface area (Å²) in [5, 5.41) is 23.3. The summed E-state index contributed by atoms with van der Waals surface area (Å²) in [7, 11) is 0. The number of rotatable bonds is 56. The van der Waals surface area contributed by atoms with E-state index < -0.39 is 12.1 Å². The van der Waals surface area contributed by atoms with Crippen LogP contribution in [-0.2, 0) is 14.3 Å². The van der Waals surface area contributed by atoms with Crippen LogP contribution in [0.3, 0.4) is 0 Å². The minimum atomic E-state index is -0.674. The van der Waals surface area contributed by atoms with Gasteiger partial charge in [0.2, 0.25) is 5.91 Å². The van der Waals surface area contributed by atoms with Gasteiger partial charge >= 0.3 is 5.97 Å². The quantitative estimate of drug-likeness (QED) is 0.0321. The molecule has 0 aliphatic carbocycles. The highest BCUT2D eigenvalue weighted by molar-refractivity contribution is 5.76. The largest absolute Gasteiger partial charge is 0.466 e. The van der Waals surface area contributed by atoms with Crippen LogP contribution in [0.1, 0.15) is 335 Å². The van der Waals surface area contributed by atoms with Crippen LogP contribution < -0.4 is 5.32 Å². The molecule has 1 amide bonds. The SMILES string of the molecule is CCCCCCCCCCCCCCCCCCCCC(=O)OCCCCCCCCC/C=C\CCCCCCCC(=O)NC(CO)C(O)CCCCCCCCCCCCCCCCC. The van der Waals surface area contributed by atoms with Crippen LogP contribution in [0, 0.1) is 0 Å². The van der Waals surface area contributed by atoms with Crippen LogP contribution >= 0.6 is 0 Å². The van der Waals surface area contributed by atoms with Crippen LogP contribution in [0.2, 0.25) is 0 Å². The lowest BCUT2D eigenvalue weighted by molar-refractivity contribution is -0.143. The average molecular weight is 933 g/mol. The zero-order valence-electron chi connectivity index (χ0n) is 44.7. The molecule has 0 aromatic carbocycles. The van der Waals surface area contributed by atoms with Crippen LogP contribution in [0.15, 0.2) is 12.2 Å². The standard InChI is InChI=1S/C60H117NO5/c1-3-5-7-9-11-13-15-17-19-20-21-26-30-34-38-42-46-50-54-60(65)66-55-51-47-43-39-35-31-27-23-22-25-29-33-37-41-45-49-53-59(64)61-57(56-62)58(63)52-48-44-40-36-32-28-24-18-16-14-12-10-8-6-4-2/h22,25,57-58,62-63H,3-21,23-24,26-56H2,1-2H3,(H,61,64)/b25-22-. The van der Waals surface area contributed by atoms with Crippen molar-refractivity contribution in [2.75, 3.05) is 13.2 Å². The number of carbonyl (C=O) groups excluding carboxylic acids is 2. The first kappa shape index (κ1) is 64.6. The maximum atomic E-state index is 12.5. The Labute approximate surface area is 412 Å². The molecule has 0 bridgehead atoms. The number of hydrogen-bond donors (Lipinski definition) is 3. The molecule has 0 aliphatic rings. The second kappa shape index (κ2) is 56.2. The second-order valence-electron chi connectivity index (χ2n) is 20.7. The number of aliphatic hydroxyl groups is 2. The van der Waals surface area contributed by atoms with Crippen molar-refractivity contribution in [1.82, 2.24) is 5.32 Å². The fourth-order valence-corrected chi connectivity index (χ4v) is 9.46. The van der Waals surface area contributed by atoms with Crippen molar-refractivity contribution < 1.29 is 24.5 Å². The van der Waals surface area contributed by atoms with E-state index in [0.29, 0.717) is 25.9 Å². The molecular formula is C60H117NO5. The minimum absolute atomic E-state index is 0.00225. The van der Waals surface area contributed by atoms with E-state index in [4.69, 9.17) is 4.74 Å². The molecular weight excluding hydrogens is 815 g/mol. The lowest BCUT2D eigenvalue weighted by atomic mass is 10.0. The third-order valence-corrected chi connectivity index (χ3v) is 14.1. The van der Waals surface area contributed by atoms with Gasteiger partial charge < -0.3 is 20.3 Å². The highest BCUT2D eigenvalue weighted by atomic mass is 16.5. The van der Waals surface area contributed by atoms with Crippen molar-refractivity contribution in [3.8, 4) is 0 Å². The Kier molecular flexibility index (Phi) is 55.0. The Morgan fingerprint density at radius 3 is 1.08 bits per heavy atom. The van der Waals surface area contributed by atoms with E-state index in [1.807, 2.05) is 0 Å². The predicted octanol–water partition coefficient (Wildman–Crippen LogP) is 18.5. The van der Waals surface area contributed by atoms with Crippen molar-refractivity contribution in [3.63, 3.8) is 0 Å². The van der Waals surface area contributed by atoms with Gasteiger partial charge in [-0.05, 0) is 51.4 Å². The number of aliphatic hydroxyl groups excluding tert-OH is 2. The Morgan fingerprint density at radius 2 is 0.712 bits per heavy atom. The summed E-state index contributed by atoms with van der Waals surface area (Å²) < 4.78 is 5.49. The number of allylic oxidation sites excluding steroid dienone is 2. The topological polar surface area (TPSA) is 95.9 Å². The van der Waals surface area contributed by atoms with Gasteiger partial charge in [0.15, 0.2) is 0 Å². The van der Waals surface area contributed by atoms with Crippen LogP contribution in [0.25, 0.3) is 0 Å². The monoisotopic (exact) mass is 932 g/mol. The molecule has 0 radical (unpaired) electrons. The number of esters is 1. The molecule has 0 saturated heterocycles. The van der Waals surface area contributed by atoms with E-state index in [9.17, 15) is 19.8 Å². The summed E-state index contributed by atoms with van der Waals surface area (Å²) in [5.74, 6) is -0.0475. The number of nitrogens with one attached hydrogen (secondary N) is 1. The molecule has 0 aliphatic heterocycles. The number of ether oxygens (including phenoxy) is 1. The number of hydrogen-bond acceptors (Lipinski definition) is 5. The van der Waals surface area contributed by atoms with E-state index in [0.717, 1.165) is 64.2 Å². The van der Waals surface area contributed by atoms with Crippen molar-refractivity contribution in [3.05, 3.63) is 12.2 Å². The molecule has 0 aromatic rings. The summed E-state index contributed by atoms with van der Waals surface area (Å²) >= 11 is 0. The Morgan fingerprint density at radius 1 is 0.409 bits per heavy atom. The van der Waals surface area contributed by atoms with Gasteiger partial charge in [-0.1, -0.05) is 283 Å². The Bertz CT molecular complexity index is 986. The summed E-state index contributed by atoms with van der Waals surface area (Å²) in [6.45, 7) is 4.96. The number of amides is 1. The molecule has 6 nitrogen and oxygen atoms in total. The van der Waals surface area contributed by atoms with Gasteiger partial charge in [0.25, 0.3) is 0 Å². The summed E-state index contributed by atoms with van der Waals surface area (Å²) in [5.41, 5.74) is 0. The van der Waals surface area contributed by atoms with E-state index in [-0.39, 0.29) is 18.5 Å². The molecule has 0 saturated carbocycles.